The summed E-state index contributed by atoms with van der Waals surface area (Å²) in [4.78, 5) is 4.11. The third-order valence-electron chi connectivity index (χ3n) is 4.35. The highest BCUT2D eigenvalue weighted by molar-refractivity contribution is 6.35. The van der Waals surface area contributed by atoms with Gasteiger partial charge in [-0.15, -0.1) is 0 Å². The number of benzene rings is 1. The van der Waals surface area contributed by atoms with Crippen LogP contribution in [0.3, 0.4) is 0 Å². The zero-order valence-corrected chi connectivity index (χ0v) is 16.7. The summed E-state index contributed by atoms with van der Waals surface area (Å²) in [6.45, 7) is 5.66. The average molecular weight is 389 g/mol. The summed E-state index contributed by atoms with van der Waals surface area (Å²) in [5.74, 6) is 0.358. The molecule has 0 radical (unpaired) electrons. The van der Waals surface area contributed by atoms with Gasteiger partial charge >= 0.3 is 0 Å². The van der Waals surface area contributed by atoms with Crippen LogP contribution in [-0.2, 0) is 17.9 Å². The van der Waals surface area contributed by atoms with Crippen molar-refractivity contribution in [1.29, 1.82) is 0 Å². The third-order valence-corrected chi connectivity index (χ3v) is 4.79. The summed E-state index contributed by atoms with van der Waals surface area (Å²) in [5.41, 5.74) is 5.71. The highest BCUT2D eigenvalue weighted by atomic mass is 35.5. The van der Waals surface area contributed by atoms with Crippen molar-refractivity contribution in [2.24, 2.45) is 0 Å². The molecule has 1 aromatic carbocycles. The van der Waals surface area contributed by atoms with Gasteiger partial charge in [0, 0.05) is 47.4 Å². The monoisotopic (exact) mass is 388 g/mol. The lowest BCUT2D eigenvalue weighted by atomic mass is 9.99. The molecule has 3 rings (SSSR count). The quantitative estimate of drug-likeness (QED) is 0.504. The number of hydrogen-bond donors (Lipinski definition) is 0. The maximum Gasteiger partial charge on any atom is 0.0864 e. The van der Waals surface area contributed by atoms with Gasteiger partial charge in [0.25, 0.3) is 0 Å². The van der Waals surface area contributed by atoms with E-state index < -0.39 is 0 Å². The molecule has 0 amide bonds. The Labute approximate surface area is 164 Å². The van der Waals surface area contributed by atoms with E-state index in [1.807, 2.05) is 36.7 Å². The molecule has 2 aromatic heterocycles. The van der Waals surface area contributed by atoms with Gasteiger partial charge in [0.05, 0.1) is 12.3 Å². The lowest BCUT2D eigenvalue weighted by molar-refractivity contribution is 0.178. The van der Waals surface area contributed by atoms with Gasteiger partial charge in [-0.1, -0.05) is 37.0 Å². The molecule has 3 aromatic rings. The minimum atomic E-state index is 0.358. The van der Waals surface area contributed by atoms with E-state index in [2.05, 4.69) is 29.5 Å². The van der Waals surface area contributed by atoms with Gasteiger partial charge in [-0.25, -0.2) is 0 Å². The molecule has 0 N–H and O–H groups in total. The molecular weight excluding hydrogens is 367 g/mol. The Morgan fingerprint density at radius 2 is 1.69 bits per heavy atom. The maximum atomic E-state index is 6.29. The minimum absolute atomic E-state index is 0.358. The molecule has 0 saturated heterocycles. The Kier molecular flexibility index (Phi) is 6.02. The summed E-state index contributed by atoms with van der Waals surface area (Å²) >= 11 is 12.6. The van der Waals surface area contributed by atoms with Gasteiger partial charge in [0.2, 0.25) is 0 Å². The fourth-order valence-electron chi connectivity index (χ4n) is 3.20. The number of hydrogen-bond acceptors (Lipinski definition) is 2. The zero-order chi connectivity index (χ0) is 18.7. The fraction of sp³-hybridized carbons (Fsp3) is 0.286. The van der Waals surface area contributed by atoms with Crippen molar-refractivity contribution in [3.8, 4) is 11.3 Å². The van der Waals surface area contributed by atoms with E-state index in [0.29, 0.717) is 22.6 Å². The first-order valence-electron chi connectivity index (χ1n) is 8.56. The molecule has 5 heteroatoms. The number of halogens is 2. The first kappa shape index (κ1) is 19.0. The van der Waals surface area contributed by atoms with Gasteiger partial charge < -0.3 is 9.30 Å². The smallest absolute Gasteiger partial charge is 0.0864 e. The molecule has 0 aliphatic heterocycles. The van der Waals surface area contributed by atoms with E-state index in [9.17, 15) is 0 Å². The molecule has 136 valence electrons. The molecule has 0 aliphatic rings. The Hall–Kier alpha value is -1.81. The summed E-state index contributed by atoms with van der Waals surface area (Å²) < 4.78 is 7.74. The van der Waals surface area contributed by atoms with E-state index in [1.165, 1.54) is 11.1 Å². The highest BCUT2D eigenvalue weighted by Crippen LogP contribution is 2.36. The number of ether oxygens (including phenoxy) is 1. The number of aromatic nitrogens is 2. The van der Waals surface area contributed by atoms with Crippen LogP contribution in [0.2, 0.25) is 10.0 Å². The molecule has 0 bridgehead atoms. The van der Waals surface area contributed by atoms with Crippen LogP contribution in [0.25, 0.3) is 11.3 Å². The van der Waals surface area contributed by atoms with Crippen LogP contribution in [0.1, 0.15) is 36.6 Å². The Morgan fingerprint density at radius 1 is 1.04 bits per heavy atom. The van der Waals surface area contributed by atoms with Crippen molar-refractivity contribution >= 4 is 23.2 Å². The Bertz CT molecular complexity index is 868. The third kappa shape index (κ3) is 4.12. The van der Waals surface area contributed by atoms with E-state index in [0.717, 1.165) is 23.5 Å². The van der Waals surface area contributed by atoms with Gasteiger partial charge in [0.1, 0.15) is 0 Å². The zero-order valence-electron chi connectivity index (χ0n) is 15.2. The Balaban J connectivity index is 2.21. The van der Waals surface area contributed by atoms with Gasteiger partial charge in [-0.05, 0) is 53.4 Å². The molecule has 3 nitrogen and oxygen atoms in total. The highest BCUT2D eigenvalue weighted by Gasteiger charge is 2.20. The maximum absolute atomic E-state index is 6.29. The summed E-state index contributed by atoms with van der Waals surface area (Å²) in [5, 5.41) is 1.26. The van der Waals surface area contributed by atoms with Crippen molar-refractivity contribution in [3.63, 3.8) is 0 Å². The topological polar surface area (TPSA) is 27.1 Å². The molecule has 0 fully saturated rings. The number of rotatable bonds is 6. The summed E-state index contributed by atoms with van der Waals surface area (Å²) in [7, 11) is 1.72. The van der Waals surface area contributed by atoms with E-state index >= 15 is 0 Å². The molecule has 0 aliphatic carbocycles. The minimum Gasteiger partial charge on any atom is -0.378 e. The van der Waals surface area contributed by atoms with Crippen molar-refractivity contribution in [2.45, 2.75) is 32.9 Å². The predicted octanol–water partition coefficient (Wildman–Crippen LogP) is 6.18. The normalized spacial score (nSPS) is 11.3. The predicted molar refractivity (Wildman–Crippen MR) is 108 cm³/mol. The van der Waals surface area contributed by atoms with Gasteiger partial charge in [-0.2, -0.15) is 0 Å². The molecule has 0 unspecified atom stereocenters. The van der Waals surface area contributed by atoms with Crippen LogP contribution in [0.5, 0.6) is 0 Å². The van der Waals surface area contributed by atoms with E-state index in [-0.39, 0.29) is 0 Å². The molecule has 26 heavy (non-hydrogen) atoms. The van der Waals surface area contributed by atoms with Crippen LogP contribution in [0, 0.1) is 0 Å². The van der Waals surface area contributed by atoms with Crippen LogP contribution in [-0.4, -0.2) is 16.7 Å². The molecule has 0 atom stereocenters. The average Bonchev–Trinajstić information content (AvgIpc) is 2.94. The number of methoxy groups -OCH3 is 1. The van der Waals surface area contributed by atoms with Crippen LogP contribution < -0.4 is 0 Å². The van der Waals surface area contributed by atoms with Gasteiger partial charge in [-0.3, -0.25) is 4.98 Å². The summed E-state index contributed by atoms with van der Waals surface area (Å²) in [6, 6.07) is 12.0. The lowest BCUT2D eigenvalue weighted by Crippen LogP contribution is -2.07. The molecule has 0 spiro atoms. The lowest BCUT2D eigenvalue weighted by Gasteiger charge is -2.16. The second-order valence-corrected chi connectivity index (χ2v) is 7.50. The fourth-order valence-corrected chi connectivity index (χ4v) is 3.72. The molecule has 2 heterocycles. The Morgan fingerprint density at radius 3 is 2.27 bits per heavy atom. The number of nitrogens with zero attached hydrogens (tertiary/aromatic N) is 2. The number of pyridine rings is 1. The van der Waals surface area contributed by atoms with Crippen molar-refractivity contribution in [2.75, 3.05) is 7.11 Å². The first-order chi connectivity index (χ1) is 12.5. The van der Waals surface area contributed by atoms with Crippen molar-refractivity contribution < 1.29 is 4.74 Å². The largest absolute Gasteiger partial charge is 0.378 e. The van der Waals surface area contributed by atoms with Crippen molar-refractivity contribution in [1.82, 2.24) is 9.55 Å². The second kappa shape index (κ2) is 8.26. The van der Waals surface area contributed by atoms with Crippen LogP contribution in [0.4, 0.5) is 0 Å². The summed E-state index contributed by atoms with van der Waals surface area (Å²) in [6.07, 6.45) is 3.63. The molecular formula is C21H22Cl2N2O. The molecule has 0 saturated carbocycles. The van der Waals surface area contributed by atoms with Crippen LogP contribution >= 0.6 is 23.2 Å². The van der Waals surface area contributed by atoms with Crippen molar-refractivity contribution in [3.05, 3.63) is 75.7 Å². The van der Waals surface area contributed by atoms with Gasteiger partial charge in [0.15, 0.2) is 0 Å². The van der Waals surface area contributed by atoms with E-state index in [1.54, 1.807) is 13.2 Å². The first-order valence-corrected chi connectivity index (χ1v) is 9.31. The van der Waals surface area contributed by atoms with Crippen LogP contribution in [0.15, 0.2) is 48.8 Å². The standard InChI is InChI=1S/C21H22Cl2N2O/c1-14(2)20-11-19(13-26-3)25(12-15-4-6-24-7-5-15)21(20)16-8-17(22)10-18(23)9-16/h4-11,14H,12-13H2,1-3H3. The van der Waals surface area contributed by atoms with E-state index in [4.69, 9.17) is 27.9 Å². The second-order valence-electron chi connectivity index (χ2n) is 6.63. The SMILES string of the molecule is COCc1cc(C(C)C)c(-c2cc(Cl)cc(Cl)c2)n1Cc1ccncc1.